The highest BCUT2D eigenvalue weighted by Crippen LogP contribution is 2.23. The number of hydrogen-bond donors (Lipinski definition) is 1. The standard InChI is InChI=1S/C15H20FNO3S/c1-15(2,3)11-17(4)21(19,20)14-8-7-13(16)10-12(14)6-5-9-18/h7-8,10,18H,9,11H2,1-4H3. The maximum Gasteiger partial charge on any atom is 0.244 e. The summed E-state index contributed by atoms with van der Waals surface area (Å²) in [6.07, 6.45) is 0. The lowest BCUT2D eigenvalue weighted by Gasteiger charge is -2.26. The number of nitrogens with zero attached hydrogens (tertiary/aromatic N) is 1. The van der Waals surface area contributed by atoms with Crippen LogP contribution in [0.3, 0.4) is 0 Å². The average Bonchev–Trinajstić information content (AvgIpc) is 2.34. The van der Waals surface area contributed by atoms with E-state index < -0.39 is 22.4 Å². The molecule has 0 saturated carbocycles. The summed E-state index contributed by atoms with van der Waals surface area (Å²) in [5.41, 5.74) is -0.163. The maximum atomic E-state index is 13.3. The first-order valence-electron chi connectivity index (χ1n) is 6.43. The number of sulfonamides is 1. The van der Waals surface area contributed by atoms with Gasteiger partial charge in [-0.15, -0.1) is 0 Å². The molecule has 0 heterocycles. The molecule has 116 valence electrons. The molecule has 4 nitrogen and oxygen atoms in total. The van der Waals surface area contributed by atoms with Gasteiger partial charge in [0.25, 0.3) is 0 Å². The van der Waals surface area contributed by atoms with Crippen LogP contribution in [0.4, 0.5) is 4.39 Å². The molecule has 0 aromatic heterocycles. The fourth-order valence-electron chi connectivity index (χ4n) is 1.88. The second kappa shape index (κ2) is 6.56. The second-order valence-corrected chi connectivity index (χ2v) is 7.94. The van der Waals surface area contributed by atoms with Crippen molar-refractivity contribution in [2.75, 3.05) is 20.2 Å². The molecule has 0 radical (unpaired) electrons. The monoisotopic (exact) mass is 313 g/mol. The van der Waals surface area contributed by atoms with Gasteiger partial charge in [0.1, 0.15) is 12.4 Å². The largest absolute Gasteiger partial charge is 0.384 e. The summed E-state index contributed by atoms with van der Waals surface area (Å²) >= 11 is 0. The molecule has 0 fully saturated rings. The van der Waals surface area contributed by atoms with E-state index >= 15 is 0 Å². The van der Waals surface area contributed by atoms with E-state index in [1.54, 1.807) is 0 Å². The third-order valence-electron chi connectivity index (χ3n) is 2.63. The van der Waals surface area contributed by atoms with E-state index in [-0.39, 0.29) is 15.9 Å². The molecule has 1 rings (SSSR count). The van der Waals surface area contributed by atoms with Crippen LogP contribution in [0, 0.1) is 23.1 Å². The molecule has 0 amide bonds. The van der Waals surface area contributed by atoms with Gasteiger partial charge in [0.05, 0.1) is 4.90 Å². The molecule has 0 aliphatic heterocycles. The van der Waals surface area contributed by atoms with E-state index in [1.165, 1.54) is 17.4 Å². The number of benzene rings is 1. The minimum Gasteiger partial charge on any atom is -0.384 e. The van der Waals surface area contributed by atoms with E-state index in [2.05, 4.69) is 11.8 Å². The molecule has 1 N–H and O–H groups in total. The van der Waals surface area contributed by atoms with Gasteiger partial charge in [0.2, 0.25) is 10.0 Å². The summed E-state index contributed by atoms with van der Waals surface area (Å²) < 4.78 is 39.7. The average molecular weight is 313 g/mol. The Bertz CT molecular complexity index is 666. The van der Waals surface area contributed by atoms with Crippen LogP contribution >= 0.6 is 0 Å². The van der Waals surface area contributed by atoms with Crippen molar-refractivity contribution in [3.63, 3.8) is 0 Å². The summed E-state index contributed by atoms with van der Waals surface area (Å²) in [6, 6.07) is 3.34. The fourth-order valence-corrected chi connectivity index (χ4v) is 3.40. The fraction of sp³-hybridized carbons (Fsp3) is 0.467. The molecule has 0 spiro atoms. The van der Waals surface area contributed by atoms with Crippen LogP contribution in [0.1, 0.15) is 26.3 Å². The Labute approximate surface area is 125 Å². The first kappa shape index (κ1) is 17.6. The Morgan fingerprint density at radius 3 is 2.48 bits per heavy atom. The Hall–Kier alpha value is -1.42. The van der Waals surface area contributed by atoms with Crippen molar-refractivity contribution in [2.24, 2.45) is 5.41 Å². The molecule has 0 bridgehead atoms. The number of aliphatic hydroxyl groups is 1. The van der Waals surface area contributed by atoms with Crippen LogP contribution in [-0.4, -0.2) is 38.0 Å². The van der Waals surface area contributed by atoms with Crippen LogP contribution in [0.2, 0.25) is 0 Å². The van der Waals surface area contributed by atoms with Crippen molar-refractivity contribution in [1.29, 1.82) is 0 Å². The van der Waals surface area contributed by atoms with Gasteiger partial charge in [-0.3, -0.25) is 0 Å². The summed E-state index contributed by atoms with van der Waals surface area (Å²) in [6.45, 7) is 5.68. The van der Waals surface area contributed by atoms with E-state index in [4.69, 9.17) is 5.11 Å². The van der Waals surface area contributed by atoms with Crippen molar-refractivity contribution in [1.82, 2.24) is 4.31 Å². The van der Waals surface area contributed by atoms with Crippen molar-refractivity contribution in [3.8, 4) is 11.8 Å². The van der Waals surface area contributed by atoms with Gasteiger partial charge in [-0.05, 0) is 23.6 Å². The zero-order valence-electron chi connectivity index (χ0n) is 12.6. The zero-order chi connectivity index (χ0) is 16.3. The Morgan fingerprint density at radius 1 is 1.33 bits per heavy atom. The third kappa shape index (κ3) is 4.81. The van der Waals surface area contributed by atoms with Crippen molar-refractivity contribution >= 4 is 10.0 Å². The van der Waals surface area contributed by atoms with Crippen LogP contribution in [0.25, 0.3) is 0 Å². The summed E-state index contributed by atoms with van der Waals surface area (Å²) in [4.78, 5) is -0.0587. The van der Waals surface area contributed by atoms with Gasteiger partial charge in [-0.2, -0.15) is 0 Å². The van der Waals surface area contributed by atoms with Crippen LogP contribution in [0.15, 0.2) is 23.1 Å². The summed E-state index contributed by atoms with van der Waals surface area (Å²) in [5, 5.41) is 8.73. The van der Waals surface area contributed by atoms with Gasteiger partial charge < -0.3 is 5.11 Å². The van der Waals surface area contributed by atoms with Gasteiger partial charge in [-0.1, -0.05) is 32.6 Å². The lowest BCUT2D eigenvalue weighted by atomic mass is 9.97. The first-order valence-corrected chi connectivity index (χ1v) is 7.87. The maximum absolute atomic E-state index is 13.3. The quantitative estimate of drug-likeness (QED) is 0.866. The molecule has 1 aromatic rings. The van der Waals surface area contributed by atoms with E-state index in [0.717, 1.165) is 12.1 Å². The second-order valence-electron chi connectivity index (χ2n) is 5.92. The smallest absolute Gasteiger partial charge is 0.244 e. The highest BCUT2D eigenvalue weighted by atomic mass is 32.2. The molecule has 1 aromatic carbocycles. The van der Waals surface area contributed by atoms with Crippen LogP contribution in [0.5, 0.6) is 0 Å². The number of hydrogen-bond acceptors (Lipinski definition) is 3. The molecule has 0 atom stereocenters. The van der Waals surface area contributed by atoms with E-state index in [1.807, 2.05) is 20.8 Å². The number of aliphatic hydroxyl groups excluding tert-OH is 1. The minimum atomic E-state index is -3.77. The Morgan fingerprint density at radius 2 is 1.95 bits per heavy atom. The van der Waals surface area contributed by atoms with Crippen molar-refractivity contribution < 1.29 is 17.9 Å². The lowest BCUT2D eigenvalue weighted by molar-refractivity contribution is 0.310. The summed E-state index contributed by atoms with van der Waals surface area (Å²) in [7, 11) is -2.29. The SMILES string of the molecule is CN(CC(C)(C)C)S(=O)(=O)c1ccc(F)cc1C#CCO. The molecule has 21 heavy (non-hydrogen) atoms. The van der Waals surface area contributed by atoms with Crippen LogP contribution < -0.4 is 0 Å². The van der Waals surface area contributed by atoms with Gasteiger partial charge in [0.15, 0.2) is 0 Å². The van der Waals surface area contributed by atoms with Crippen molar-refractivity contribution in [3.05, 3.63) is 29.6 Å². The Balaban J connectivity index is 3.31. The van der Waals surface area contributed by atoms with Gasteiger partial charge in [-0.25, -0.2) is 17.1 Å². The topological polar surface area (TPSA) is 57.6 Å². The third-order valence-corrected chi connectivity index (χ3v) is 4.49. The molecule has 0 saturated heterocycles. The molecular weight excluding hydrogens is 293 g/mol. The Kier molecular flexibility index (Phi) is 5.51. The normalized spacial score (nSPS) is 12.1. The van der Waals surface area contributed by atoms with Crippen LogP contribution in [-0.2, 0) is 10.0 Å². The minimum absolute atomic E-state index is 0.0461. The van der Waals surface area contributed by atoms with Gasteiger partial charge in [0, 0.05) is 19.2 Å². The van der Waals surface area contributed by atoms with Gasteiger partial charge >= 0.3 is 0 Å². The predicted octanol–water partition coefficient (Wildman–Crippen LogP) is 1.84. The lowest BCUT2D eigenvalue weighted by Crippen LogP contribution is -2.34. The molecular formula is C15H20FNO3S. The highest BCUT2D eigenvalue weighted by molar-refractivity contribution is 7.89. The molecule has 6 heteroatoms. The zero-order valence-corrected chi connectivity index (χ0v) is 13.5. The first-order chi connectivity index (χ1) is 9.58. The predicted molar refractivity (Wildman–Crippen MR) is 79.6 cm³/mol. The highest BCUT2D eigenvalue weighted by Gasteiger charge is 2.27. The van der Waals surface area contributed by atoms with Crippen molar-refractivity contribution in [2.45, 2.75) is 25.7 Å². The van der Waals surface area contributed by atoms with E-state index in [9.17, 15) is 12.8 Å². The number of rotatable bonds is 3. The molecule has 0 aliphatic rings. The number of halogens is 1. The molecule has 0 aliphatic carbocycles. The van der Waals surface area contributed by atoms with E-state index in [0.29, 0.717) is 6.54 Å². The molecule has 0 unspecified atom stereocenters. The summed E-state index contributed by atoms with van der Waals surface area (Å²) in [5.74, 6) is 4.25.